The van der Waals surface area contributed by atoms with Crippen molar-refractivity contribution in [3.63, 3.8) is 0 Å². The van der Waals surface area contributed by atoms with Crippen LogP contribution in [0.15, 0.2) is 42.9 Å². The highest BCUT2D eigenvalue weighted by atomic mass is 16.1. The number of aromatic nitrogens is 4. The number of hydrogen-bond acceptors (Lipinski definition) is 7. The number of carbonyl (C=O) groups is 1. The van der Waals surface area contributed by atoms with Crippen molar-refractivity contribution in [1.82, 2.24) is 20.2 Å². The second kappa shape index (κ2) is 7.65. The fourth-order valence-electron chi connectivity index (χ4n) is 3.34. The van der Waals surface area contributed by atoms with Gasteiger partial charge in [-0.2, -0.15) is 5.10 Å². The van der Waals surface area contributed by atoms with Crippen molar-refractivity contribution in [2.24, 2.45) is 5.73 Å². The van der Waals surface area contributed by atoms with Crippen LogP contribution in [0.3, 0.4) is 0 Å². The molecule has 9 heteroatoms. The number of nitrogen functional groups attached to an aromatic ring is 1. The highest BCUT2D eigenvalue weighted by Gasteiger charge is 2.21. The van der Waals surface area contributed by atoms with E-state index in [0.29, 0.717) is 5.69 Å². The van der Waals surface area contributed by atoms with Crippen LogP contribution in [0.1, 0.15) is 23.3 Å². The number of nitrogens with two attached hydrogens (primary N) is 2. The smallest absolute Gasteiger partial charge is 0.278 e. The molecule has 0 bridgehead atoms. The quantitative estimate of drug-likeness (QED) is 0.541. The fraction of sp³-hybridized carbons (Fsp3) is 0.263. The van der Waals surface area contributed by atoms with E-state index in [1.165, 1.54) is 12.4 Å². The van der Waals surface area contributed by atoms with Gasteiger partial charge in [0.05, 0.1) is 17.1 Å². The van der Waals surface area contributed by atoms with Crippen LogP contribution in [0, 0.1) is 0 Å². The molecule has 4 rings (SSSR count). The van der Waals surface area contributed by atoms with Crippen LogP contribution >= 0.6 is 0 Å². The lowest BCUT2D eigenvalue weighted by atomic mass is 10.0. The molecule has 1 aromatic carbocycles. The summed E-state index contributed by atoms with van der Waals surface area (Å²) in [6.45, 7) is 1.67. The molecular formula is C19H22N8O. The van der Waals surface area contributed by atoms with E-state index >= 15 is 0 Å². The summed E-state index contributed by atoms with van der Waals surface area (Å²) in [5, 5.41) is 9.89. The molecule has 144 valence electrons. The lowest BCUT2D eigenvalue weighted by molar-refractivity contribution is 0.102. The Kier molecular flexibility index (Phi) is 4.90. The number of benzene rings is 1. The molecule has 1 saturated heterocycles. The minimum Gasteiger partial charge on any atom is -0.382 e. The minimum atomic E-state index is -0.401. The number of aromatic amines is 1. The Labute approximate surface area is 162 Å². The fourth-order valence-corrected chi connectivity index (χ4v) is 3.34. The zero-order valence-corrected chi connectivity index (χ0v) is 15.3. The second-order valence-electron chi connectivity index (χ2n) is 6.77. The first kappa shape index (κ1) is 17.9. The van der Waals surface area contributed by atoms with Crippen molar-refractivity contribution in [2.75, 3.05) is 29.0 Å². The Morgan fingerprint density at radius 1 is 1.14 bits per heavy atom. The number of rotatable bonds is 4. The number of nitrogens with zero attached hydrogens (tertiary/aromatic N) is 4. The van der Waals surface area contributed by atoms with E-state index in [9.17, 15) is 4.79 Å². The first-order chi connectivity index (χ1) is 13.6. The Hall–Kier alpha value is -3.46. The van der Waals surface area contributed by atoms with Gasteiger partial charge in [-0.3, -0.25) is 9.89 Å². The van der Waals surface area contributed by atoms with Crippen molar-refractivity contribution in [3.8, 4) is 11.3 Å². The van der Waals surface area contributed by atoms with Crippen molar-refractivity contribution in [1.29, 1.82) is 0 Å². The van der Waals surface area contributed by atoms with E-state index in [2.05, 4.69) is 30.4 Å². The average molecular weight is 378 g/mol. The largest absolute Gasteiger partial charge is 0.382 e. The standard InChI is InChI=1S/C19H22N8O/c20-13-4-9-27(10-5-13)16-2-1-12(14-3-6-24-26-14)11-15(16)25-19(28)17-18(21)23-8-7-22-17/h1-3,6-8,11,13H,4-5,9-10,20H2,(H2,21,23)(H,24,26)(H,25,28). The molecule has 0 unspecified atom stereocenters. The van der Waals surface area contributed by atoms with E-state index in [0.717, 1.165) is 42.9 Å². The van der Waals surface area contributed by atoms with Crippen LogP contribution < -0.4 is 21.7 Å². The molecule has 1 amide bonds. The zero-order valence-electron chi connectivity index (χ0n) is 15.3. The van der Waals surface area contributed by atoms with Gasteiger partial charge in [-0.05, 0) is 31.0 Å². The van der Waals surface area contributed by atoms with Gasteiger partial charge in [0.1, 0.15) is 0 Å². The van der Waals surface area contributed by atoms with Crippen LogP contribution in [0.25, 0.3) is 11.3 Å². The molecule has 1 aliphatic rings. The maximum absolute atomic E-state index is 12.8. The third-order valence-electron chi connectivity index (χ3n) is 4.88. The van der Waals surface area contributed by atoms with Crippen LogP contribution in [0.2, 0.25) is 0 Å². The lowest BCUT2D eigenvalue weighted by Gasteiger charge is -2.33. The molecule has 3 heterocycles. The summed E-state index contributed by atoms with van der Waals surface area (Å²) in [4.78, 5) is 23.0. The van der Waals surface area contributed by atoms with Gasteiger partial charge in [0.2, 0.25) is 0 Å². The van der Waals surface area contributed by atoms with Gasteiger partial charge in [-0.25, -0.2) is 9.97 Å². The van der Waals surface area contributed by atoms with E-state index in [4.69, 9.17) is 11.5 Å². The highest BCUT2D eigenvalue weighted by molar-refractivity contribution is 6.07. The molecule has 0 aliphatic carbocycles. The molecule has 9 nitrogen and oxygen atoms in total. The molecule has 1 fully saturated rings. The molecule has 1 aliphatic heterocycles. The van der Waals surface area contributed by atoms with Crippen LogP contribution in [0.4, 0.5) is 17.2 Å². The normalized spacial score (nSPS) is 14.8. The summed E-state index contributed by atoms with van der Waals surface area (Å²) in [6.07, 6.45) is 6.40. The SMILES string of the molecule is Nc1nccnc1C(=O)Nc1cc(-c2ccn[nH]2)ccc1N1CCC(N)CC1. The number of carbonyl (C=O) groups excluding carboxylic acids is 1. The molecule has 6 N–H and O–H groups in total. The maximum atomic E-state index is 12.8. The Bertz CT molecular complexity index is 964. The number of piperidine rings is 1. The van der Waals surface area contributed by atoms with E-state index in [1.54, 1.807) is 6.20 Å². The van der Waals surface area contributed by atoms with E-state index in [1.807, 2.05) is 24.3 Å². The van der Waals surface area contributed by atoms with Crippen molar-refractivity contribution >= 4 is 23.1 Å². The molecule has 3 aromatic rings. The molecule has 0 atom stereocenters. The van der Waals surface area contributed by atoms with Gasteiger partial charge in [-0.15, -0.1) is 0 Å². The summed E-state index contributed by atoms with van der Waals surface area (Å²) in [5.74, 6) is -0.308. The van der Waals surface area contributed by atoms with Crippen LogP contribution in [-0.2, 0) is 0 Å². The number of amides is 1. The number of hydrogen-bond donors (Lipinski definition) is 4. The van der Waals surface area contributed by atoms with Gasteiger partial charge >= 0.3 is 0 Å². The third-order valence-corrected chi connectivity index (χ3v) is 4.88. The van der Waals surface area contributed by atoms with Crippen molar-refractivity contribution in [3.05, 3.63) is 48.5 Å². The third kappa shape index (κ3) is 3.65. The first-order valence-corrected chi connectivity index (χ1v) is 9.14. The van der Waals surface area contributed by atoms with Gasteiger partial charge in [-0.1, -0.05) is 6.07 Å². The predicted octanol–water partition coefficient (Wildman–Crippen LogP) is 1.63. The first-order valence-electron chi connectivity index (χ1n) is 9.14. The summed E-state index contributed by atoms with van der Waals surface area (Å²) in [5.41, 5.74) is 15.3. The molecule has 0 radical (unpaired) electrons. The number of nitrogens with one attached hydrogen (secondary N) is 2. The molecule has 0 saturated carbocycles. The topological polar surface area (TPSA) is 139 Å². The van der Waals surface area contributed by atoms with Crippen molar-refractivity contribution in [2.45, 2.75) is 18.9 Å². The predicted molar refractivity (Wildman–Crippen MR) is 108 cm³/mol. The number of anilines is 3. The Morgan fingerprint density at radius 2 is 1.93 bits per heavy atom. The molecule has 0 spiro atoms. The highest BCUT2D eigenvalue weighted by Crippen LogP contribution is 2.33. The van der Waals surface area contributed by atoms with Gasteiger partial charge < -0.3 is 21.7 Å². The summed E-state index contributed by atoms with van der Waals surface area (Å²) < 4.78 is 0. The summed E-state index contributed by atoms with van der Waals surface area (Å²) in [6, 6.07) is 8.02. The van der Waals surface area contributed by atoms with Crippen LogP contribution in [0.5, 0.6) is 0 Å². The van der Waals surface area contributed by atoms with E-state index in [-0.39, 0.29) is 17.6 Å². The minimum absolute atomic E-state index is 0.0928. The van der Waals surface area contributed by atoms with E-state index < -0.39 is 5.91 Å². The van der Waals surface area contributed by atoms with Gasteiger partial charge in [0.15, 0.2) is 11.5 Å². The lowest BCUT2D eigenvalue weighted by Crippen LogP contribution is -2.40. The second-order valence-corrected chi connectivity index (χ2v) is 6.77. The monoisotopic (exact) mass is 378 g/mol. The number of H-pyrrole nitrogens is 1. The average Bonchev–Trinajstić information content (AvgIpc) is 3.24. The molecular weight excluding hydrogens is 356 g/mol. The zero-order chi connectivity index (χ0) is 19.5. The van der Waals surface area contributed by atoms with Crippen LogP contribution in [-0.4, -0.2) is 45.2 Å². The van der Waals surface area contributed by atoms with Gasteiger partial charge in [0.25, 0.3) is 5.91 Å². The summed E-state index contributed by atoms with van der Waals surface area (Å²) >= 11 is 0. The molecule has 2 aromatic heterocycles. The Morgan fingerprint density at radius 3 is 2.64 bits per heavy atom. The summed E-state index contributed by atoms with van der Waals surface area (Å²) in [7, 11) is 0. The van der Waals surface area contributed by atoms with Crippen molar-refractivity contribution < 1.29 is 4.79 Å². The Balaban J connectivity index is 1.68. The maximum Gasteiger partial charge on any atom is 0.278 e. The molecule has 28 heavy (non-hydrogen) atoms. The van der Waals surface area contributed by atoms with Gasteiger partial charge in [0, 0.05) is 43.3 Å².